The summed E-state index contributed by atoms with van der Waals surface area (Å²) in [6, 6.07) is 5.49. The Labute approximate surface area is 117 Å². The first-order valence-corrected chi connectivity index (χ1v) is 7.37. The Kier molecular flexibility index (Phi) is 2.43. The van der Waals surface area contributed by atoms with Crippen LogP contribution in [-0.2, 0) is 6.54 Å². The molecule has 2 atom stereocenters. The Bertz CT molecular complexity index is 700. The molecule has 2 aromatic rings. The van der Waals surface area contributed by atoms with E-state index in [9.17, 15) is 9.90 Å². The summed E-state index contributed by atoms with van der Waals surface area (Å²) in [6.07, 6.45) is 3.65. The van der Waals surface area contributed by atoms with Gasteiger partial charge < -0.3 is 9.67 Å². The fourth-order valence-electron chi connectivity index (χ4n) is 3.07. The zero-order chi connectivity index (χ0) is 13.9. The molecule has 2 aliphatic carbocycles. The molecule has 0 aliphatic heterocycles. The summed E-state index contributed by atoms with van der Waals surface area (Å²) < 4.78 is 2.29. The number of aromatic nitrogens is 2. The van der Waals surface area contributed by atoms with Crippen molar-refractivity contribution in [2.75, 3.05) is 0 Å². The number of hydrogen-bond donors (Lipinski definition) is 1. The second kappa shape index (κ2) is 4.08. The number of nitrogens with zero attached hydrogens (tertiary/aromatic N) is 2. The first-order valence-electron chi connectivity index (χ1n) is 7.37. The van der Waals surface area contributed by atoms with Crippen molar-refractivity contribution >= 4 is 17.0 Å². The number of aromatic carboxylic acids is 1. The summed E-state index contributed by atoms with van der Waals surface area (Å²) in [5.74, 6) is 2.29. The normalized spacial score (nSPS) is 25.1. The van der Waals surface area contributed by atoms with Gasteiger partial charge in [-0.25, -0.2) is 9.78 Å². The molecular weight excluding hydrogens is 252 g/mol. The van der Waals surface area contributed by atoms with Crippen LogP contribution in [0.25, 0.3) is 11.0 Å². The van der Waals surface area contributed by atoms with Crippen LogP contribution in [0, 0.1) is 11.8 Å². The number of carbonyl (C=O) groups is 1. The maximum atomic E-state index is 11.4. The van der Waals surface area contributed by atoms with E-state index in [0.717, 1.165) is 29.7 Å². The fraction of sp³-hybridized carbons (Fsp3) is 0.500. The van der Waals surface area contributed by atoms with Crippen LogP contribution in [-0.4, -0.2) is 20.6 Å². The summed E-state index contributed by atoms with van der Waals surface area (Å²) >= 11 is 0. The van der Waals surface area contributed by atoms with Gasteiger partial charge in [-0.3, -0.25) is 0 Å². The van der Waals surface area contributed by atoms with Gasteiger partial charge in [0.1, 0.15) is 11.3 Å². The standard InChI is InChI=1S/C16H18N2O2/c1-9-7-11(9)8-18-13-4-2-3-12(16(19)20)14(13)17-15(18)10-5-6-10/h2-4,9-11H,5-8H2,1H3,(H,19,20). The van der Waals surface area contributed by atoms with E-state index in [1.807, 2.05) is 12.1 Å². The van der Waals surface area contributed by atoms with Crippen LogP contribution >= 0.6 is 0 Å². The lowest BCUT2D eigenvalue weighted by Crippen LogP contribution is -2.05. The van der Waals surface area contributed by atoms with Crippen LogP contribution in [0.2, 0.25) is 0 Å². The summed E-state index contributed by atoms with van der Waals surface area (Å²) in [7, 11) is 0. The van der Waals surface area contributed by atoms with Crippen LogP contribution in [0.4, 0.5) is 0 Å². The van der Waals surface area contributed by atoms with Gasteiger partial charge >= 0.3 is 5.97 Å². The Morgan fingerprint density at radius 1 is 1.45 bits per heavy atom. The van der Waals surface area contributed by atoms with Gasteiger partial charge in [0, 0.05) is 12.5 Å². The summed E-state index contributed by atoms with van der Waals surface area (Å²) in [4.78, 5) is 16.0. The first-order chi connectivity index (χ1) is 9.65. The summed E-state index contributed by atoms with van der Waals surface area (Å²) in [5, 5.41) is 9.32. The molecule has 2 fully saturated rings. The van der Waals surface area contributed by atoms with Crippen molar-refractivity contribution in [3.63, 3.8) is 0 Å². The molecule has 0 amide bonds. The number of fused-ring (bicyclic) bond motifs is 1. The summed E-state index contributed by atoms with van der Waals surface area (Å²) in [5.41, 5.74) is 1.98. The van der Waals surface area contributed by atoms with Gasteiger partial charge in [0.2, 0.25) is 0 Å². The van der Waals surface area contributed by atoms with Crippen molar-refractivity contribution in [2.24, 2.45) is 11.8 Å². The minimum atomic E-state index is -0.887. The molecule has 1 N–H and O–H groups in total. The van der Waals surface area contributed by atoms with Gasteiger partial charge in [0.15, 0.2) is 0 Å². The van der Waals surface area contributed by atoms with E-state index in [0.29, 0.717) is 17.0 Å². The molecule has 4 heteroatoms. The molecule has 2 unspecified atom stereocenters. The third-order valence-electron chi connectivity index (χ3n) is 4.67. The highest BCUT2D eigenvalue weighted by Gasteiger charge is 2.36. The molecule has 1 aromatic carbocycles. The van der Waals surface area contributed by atoms with Gasteiger partial charge in [-0.15, -0.1) is 0 Å². The average molecular weight is 270 g/mol. The number of para-hydroxylation sites is 1. The van der Waals surface area contributed by atoms with Gasteiger partial charge in [-0.05, 0) is 43.2 Å². The highest BCUT2D eigenvalue weighted by molar-refractivity contribution is 6.01. The molecule has 0 spiro atoms. The van der Waals surface area contributed by atoms with Crippen molar-refractivity contribution in [3.8, 4) is 0 Å². The third kappa shape index (κ3) is 1.82. The smallest absolute Gasteiger partial charge is 0.337 e. The van der Waals surface area contributed by atoms with Crippen LogP contribution in [0.3, 0.4) is 0 Å². The fourth-order valence-corrected chi connectivity index (χ4v) is 3.07. The lowest BCUT2D eigenvalue weighted by Gasteiger charge is -2.08. The molecule has 0 saturated heterocycles. The zero-order valence-electron chi connectivity index (χ0n) is 11.5. The number of carboxylic acid groups (broad SMARTS) is 1. The maximum absolute atomic E-state index is 11.4. The number of imidazole rings is 1. The lowest BCUT2D eigenvalue weighted by atomic mass is 10.2. The van der Waals surface area contributed by atoms with Crippen LogP contribution in [0.15, 0.2) is 18.2 Å². The highest BCUT2D eigenvalue weighted by atomic mass is 16.4. The second-order valence-corrected chi connectivity index (χ2v) is 6.31. The average Bonchev–Trinajstić information content (AvgIpc) is 3.32. The van der Waals surface area contributed by atoms with Crippen molar-refractivity contribution in [3.05, 3.63) is 29.6 Å². The summed E-state index contributed by atoms with van der Waals surface area (Å²) in [6.45, 7) is 3.27. The minimum absolute atomic E-state index is 0.326. The first kappa shape index (κ1) is 11.9. The third-order valence-corrected chi connectivity index (χ3v) is 4.67. The second-order valence-electron chi connectivity index (χ2n) is 6.31. The Balaban J connectivity index is 1.87. The molecule has 20 heavy (non-hydrogen) atoms. The van der Waals surface area contributed by atoms with Crippen molar-refractivity contribution < 1.29 is 9.90 Å². The highest BCUT2D eigenvalue weighted by Crippen LogP contribution is 2.44. The number of hydrogen-bond acceptors (Lipinski definition) is 2. The van der Waals surface area contributed by atoms with Gasteiger partial charge in [0.25, 0.3) is 0 Å². The molecule has 2 aliphatic rings. The van der Waals surface area contributed by atoms with E-state index in [4.69, 9.17) is 0 Å². The monoisotopic (exact) mass is 270 g/mol. The Morgan fingerprint density at radius 3 is 2.80 bits per heavy atom. The van der Waals surface area contributed by atoms with Crippen molar-refractivity contribution in [1.29, 1.82) is 0 Å². The Morgan fingerprint density at radius 2 is 2.20 bits per heavy atom. The predicted octanol–water partition coefficient (Wildman–Crippen LogP) is 3.27. The largest absolute Gasteiger partial charge is 0.478 e. The van der Waals surface area contributed by atoms with E-state index < -0.39 is 5.97 Å². The van der Waals surface area contributed by atoms with E-state index in [1.54, 1.807) is 6.07 Å². The molecule has 1 aromatic heterocycles. The molecule has 1 heterocycles. The van der Waals surface area contributed by atoms with Gasteiger partial charge in [-0.1, -0.05) is 13.0 Å². The van der Waals surface area contributed by atoms with Crippen molar-refractivity contribution in [2.45, 2.75) is 38.6 Å². The van der Waals surface area contributed by atoms with Crippen molar-refractivity contribution in [1.82, 2.24) is 9.55 Å². The van der Waals surface area contributed by atoms with E-state index in [1.165, 1.54) is 19.3 Å². The molecule has 0 radical (unpaired) electrons. The van der Waals surface area contributed by atoms with Gasteiger partial charge in [-0.2, -0.15) is 0 Å². The quantitative estimate of drug-likeness (QED) is 0.927. The predicted molar refractivity (Wildman–Crippen MR) is 75.9 cm³/mol. The number of benzene rings is 1. The lowest BCUT2D eigenvalue weighted by molar-refractivity contribution is 0.0699. The number of carboxylic acids is 1. The van der Waals surface area contributed by atoms with E-state index in [-0.39, 0.29) is 0 Å². The molecule has 4 rings (SSSR count). The molecule has 104 valence electrons. The topological polar surface area (TPSA) is 55.1 Å². The minimum Gasteiger partial charge on any atom is -0.478 e. The van der Waals surface area contributed by atoms with Crippen LogP contribution < -0.4 is 0 Å². The Hall–Kier alpha value is -1.84. The molecular formula is C16H18N2O2. The molecule has 2 saturated carbocycles. The number of rotatable bonds is 4. The van der Waals surface area contributed by atoms with E-state index in [2.05, 4.69) is 16.5 Å². The molecule has 0 bridgehead atoms. The maximum Gasteiger partial charge on any atom is 0.337 e. The molecule has 4 nitrogen and oxygen atoms in total. The van der Waals surface area contributed by atoms with Gasteiger partial charge in [0.05, 0.1) is 11.1 Å². The van der Waals surface area contributed by atoms with Crippen LogP contribution in [0.1, 0.15) is 48.3 Å². The zero-order valence-corrected chi connectivity index (χ0v) is 11.5. The van der Waals surface area contributed by atoms with Crippen LogP contribution in [0.5, 0.6) is 0 Å². The SMILES string of the molecule is CC1CC1Cn1c(C2CC2)nc2c(C(=O)O)cccc21. The van der Waals surface area contributed by atoms with E-state index >= 15 is 0 Å².